The van der Waals surface area contributed by atoms with Crippen molar-refractivity contribution in [3.63, 3.8) is 0 Å². The van der Waals surface area contributed by atoms with Gasteiger partial charge in [0, 0.05) is 24.5 Å². The summed E-state index contributed by atoms with van der Waals surface area (Å²) in [7, 11) is 1.61. The van der Waals surface area contributed by atoms with Gasteiger partial charge in [0.15, 0.2) is 0 Å². The van der Waals surface area contributed by atoms with Crippen molar-refractivity contribution < 1.29 is 4.79 Å². The summed E-state index contributed by atoms with van der Waals surface area (Å²) in [5, 5.41) is 8.87. The molecule has 1 aliphatic carbocycles. The van der Waals surface area contributed by atoms with E-state index >= 15 is 0 Å². The Morgan fingerprint density at radius 3 is 2.30 bits per heavy atom. The number of amides is 2. The predicted octanol–water partition coefficient (Wildman–Crippen LogP) is 3.82. The lowest BCUT2D eigenvalue weighted by atomic mass is 9.84. The average Bonchev–Trinajstić information content (AvgIpc) is 2.50. The number of hydrogen-bond donors (Lipinski definition) is 3. The molecule has 0 spiro atoms. The highest BCUT2D eigenvalue weighted by molar-refractivity contribution is 5.89. The van der Waals surface area contributed by atoms with Gasteiger partial charge in [-0.25, -0.2) is 4.79 Å². The van der Waals surface area contributed by atoms with Gasteiger partial charge in [0.2, 0.25) is 0 Å². The molecule has 110 valence electrons. The Morgan fingerprint density at radius 2 is 1.70 bits per heavy atom. The summed E-state index contributed by atoms with van der Waals surface area (Å²) < 4.78 is 0. The van der Waals surface area contributed by atoms with Crippen molar-refractivity contribution >= 4 is 17.4 Å². The van der Waals surface area contributed by atoms with Crippen LogP contribution in [0.3, 0.4) is 0 Å². The molecule has 1 aromatic rings. The van der Waals surface area contributed by atoms with E-state index in [2.05, 4.69) is 22.9 Å². The SMILES string of the molecule is CNC(=O)Nc1ccc(NC(C)C2CCCCC2)cc1. The Bertz CT molecular complexity index is 424. The van der Waals surface area contributed by atoms with E-state index in [1.807, 2.05) is 24.3 Å². The molecule has 0 aliphatic heterocycles. The topological polar surface area (TPSA) is 53.2 Å². The molecule has 0 heterocycles. The molecule has 4 heteroatoms. The minimum absolute atomic E-state index is 0.193. The number of rotatable bonds is 4. The quantitative estimate of drug-likeness (QED) is 0.782. The zero-order chi connectivity index (χ0) is 14.4. The molecular weight excluding hydrogens is 250 g/mol. The fourth-order valence-electron chi connectivity index (χ4n) is 2.86. The van der Waals surface area contributed by atoms with Crippen molar-refractivity contribution in [2.24, 2.45) is 5.92 Å². The standard InChI is InChI=1S/C16H25N3O/c1-12(13-6-4-3-5-7-13)18-14-8-10-15(11-9-14)19-16(20)17-2/h8-13,18H,3-7H2,1-2H3,(H2,17,19,20). The number of nitrogens with one attached hydrogen (secondary N) is 3. The molecule has 0 aromatic heterocycles. The maximum absolute atomic E-state index is 11.2. The fourth-order valence-corrected chi connectivity index (χ4v) is 2.86. The van der Waals surface area contributed by atoms with Gasteiger partial charge >= 0.3 is 6.03 Å². The number of hydrogen-bond acceptors (Lipinski definition) is 2. The third kappa shape index (κ3) is 4.15. The van der Waals surface area contributed by atoms with Crippen LogP contribution in [0.25, 0.3) is 0 Å². The highest BCUT2D eigenvalue weighted by atomic mass is 16.2. The summed E-state index contributed by atoms with van der Waals surface area (Å²) >= 11 is 0. The van der Waals surface area contributed by atoms with Crippen LogP contribution in [-0.4, -0.2) is 19.1 Å². The Hall–Kier alpha value is -1.71. The fraction of sp³-hybridized carbons (Fsp3) is 0.562. The van der Waals surface area contributed by atoms with Crippen molar-refractivity contribution in [3.05, 3.63) is 24.3 Å². The van der Waals surface area contributed by atoms with Gasteiger partial charge in [0.1, 0.15) is 0 Å². The number of anilines is 2. The monoisotopic (exact) mass is 275 g/mol. The highest BCUT2D eigenvalue weighted by Gasteiger charge is 2.19. The van der Waals surface area contributed by atoms with Gasteiger partial charge < -0.3 is 16.0 Å². The lowest BCUT2D eigenvalue weighted by molar-refractivity contribution is 0.254. The van der Waals surface area contributed by atoms with Gasteiger partial charge in [-0.05, 0) is 49.9 Å². The first-order valence-electron chi connectivity index (χ1n) is 7.54. The summed E-state index contributed by atoms with van der Waals surface area (Å²) in [6.45, 7) is 2.27. The van der Waals surface area contributed by atoms with E-state index in [1.54, 1.807) is 7.05 Å². The van der Waals surface area contributed by atoms with Crippen LogP contribution in [0.2, 0.25) is 0 Å². The maximum Gasteiger partial charge on any atom is 0.318 e. The zero-order valence-corrected chi connectivity index (χ0v) is 12.4. The van der Waals surface area contributed by atoms with Crippen molar-refractivity contribution in [2.75, 3.05) is 17.7 Å². The molecule has 1 aliphatic rings. The van der Waals surface area contributed by atoms with Crippen LogP contribution in [0.15, 0.2) is 24.3 Å². The molecular formula is C16H25N3O. The van der Waals surface area contributed by atoms with Crippen molar-refractivity contribution in [3.8, 4) is 0 Å². The first-order valence-corrected chi connectivity index (χ1v) is 7.54. The van der Waals surface area contributed by atoms with E-state index in [1.165, 1.54) is 32.1 Å². The number of carbonyl (C=O) groups excluding carboxylic acids is 1. The zero-order valence-electron chi connectivity index (χ0n) is 12.4. The second-order valence-corrected chi connectivity index (χ2v) is 5.61. The molecule has 1 fully saturated rings. The molecule has 2 rings (SSSR count). The Labute approximate surface area is 121 Å². The van der Waals surface area contributed by atoms with Gasteiger partial charge in [-0.2, -0.15) is 0 Å². The molecule has 0 saturated heterocycles. The predicted molar refractivity (Wildman–Crippen MR) is 84.2 cm³/mol. The van der Waals surface area contributed by atoms with Crippen LogP contribution in [0.1, 0.15) is 39.0 Å². The van der Waals surface area contributed by atoms with E-state index < -0.39 is 0 Å². The van der Waals surface area contributed by atoms with E-state index in [0.29, 0.717) is 6.04 Å². The summed E-state index contributed by atoms with van der Waals surface area (Å²) in [4.78, 5) is 11.2. The van der Waals surface area contributed by atoms with Crippen molar-refractivity contribution in [1.82, 2.24) is 5.32 Å². The summed E-state index contributed by atoms with van der Waals surface area (Å²) in [5.74, 6) is 0.785. The van der Waals surface area contributed by atoms with Gasteiger partial charge in [-0.15, -0.1) is 0 Å². The van der Waals surface area contributed by atoms with E-state index in [9.17, 15) is 4.79 Å². The minimum Gasteiger partial charge on any atom is -0.382 e. The number of carbonyl (C=O) groups is 1. The Kier molecular flexibility index (Phi) is 5.27. The molecule has 3 N–H and O–H groups in total. The molecule has 4 nitrogen and oxygen atoms in total. The third-order valence-corrected chi connectivity index (χ3v) is 4.12. The molecule has 2 amide bonds. The summed E-state index contributed by atoms with van der Waals surface area (Å²) in [5.41, 5.74) is 1.92. The van der Waals surface area contributed by atoms with Gasteiger partial charge in [0.05, 0.1) is 0 Å². The second-order valence-electron chi connectivity index (χ2n) is 5.61. The molecule has 0 radical (unpaired) electrons. The van der Waals surface area contributed by atoms with Crippen molar-refractivity contribution in [1.29, 1.82) is 0 Å². The van der Waals surface area contributed by atoms with Crippen LogP contribution < -0.4 is 16.0 Å². The van der Waals surface area contributed by atoms with Gasteiger partial charge in [-0.1, -0.05) is 19.3 Å². The summed E-state index contributed by atoms with van der Waals surface area (Å²) in [6.07, 6.45) is 6.80. The van der Waals surface area contributed by atoms with Crippen LogP contribution in [-0.2, 0) is 0 Å². The van der Waals surface area contributed by atoms with Crippen LogP contribution in [0, 0.1) is 5.92 Å². The molecule has 1 unspecified atom stereocenters. The largest absolute Gasteiger partial charge is 0.382 e. The first kappa shape index (κ1) is 14.7. The third-order valence-electron chi connectivity index (χ3n) is 4.12. The lowest BCUT2D eigenvalue weighted by Crippen LogP contribution is -2.27. The highest BCUT2D eigenvalue weighted by Crippen LogP contribution is 2.28. The number of urea groups is 1. The smallest absolute Gasteiger partial charge is 0.318 e. The molecule has 1 saturated carbocycles. The van der Waals surface area contributed by atoms with Crippen molar-refractivity contribution in [2.45, 2.75) is 45.1 Å². The van der Waals surface area contributed by atoms with E-state index in [4.69, 9.17) is 0 Å². The van der Waals surface area contributed by atoms with Gasteiger partial charge in [-0.3, -0.25) is 0 Å². The van der Waals surface area contributed by atoms with Gasteiger partial charge in [0.25, 0.3) is 0 Å². The van der Waals surface area contributed by atoms with E-state index in [0.717, 1.165) is 17.3 Å². The second kappa shape index (κ2) is 7.17. The van der Waals surface area contributed by atoms with E-state index in [-0.39, 0.29) is 6.03 Å². The summed E-state index contributed by atoms with van der Waals surface area (Å²) in [6, 6.07) is 8.19. The lowest BCUT2D eigenvalue weighted by Gasteiger charge is -2.29. The Balaban J connectivity index is 1.87. The molecule has 1 atom stereocenters. The molecule has 1 aromatic carbocycles. The Morgan fingerprint density at radius 1 is 1.10 bits per heavy atom. The average molecular weight is 275 g/mol. The van der Waals surface area contributed by atoms with Crippen LogP contribution in [0.5, 0.6) is 0 Å². The molecule has 20 heavy (non-hydrogen) atoms. The number of benzene rings is 1. The van der Waals surface area contributed by atoms with Crippen LogP contribution >= 0.6 is 0 Å². The first-order chi connectivity index (χ1) is 9.69. The maximum atomic E-state index is 11.2. The normalized spacial score (nSPS) is 17.3. The minimum atomic E-state index is -0.193. The molecule has 0 bridgehead atoms. The van der Waals surface area contributed by atoms with Crippen LogP contribution in [0.4, 0.5) is 16.2 Å².